The van der Waals surface area contributed by atoms with E-state index in [4.69, 9.17) is 5.11 Å². The molecule has 0 aliphatic heterocycles. The highest BCUT2D eigenvalue weighted by Gasteiger charge is 2.05. The summed E-state index contributed by atoms with van der Waals surface area (Å²) >= 11 is 1.63. The Morgan fingerprint density at radius 1 is 1.33 bits per heavy atom. The average Bonchev–Trinajstić information content (AvgIpc) is 2.65. The summed E-state index contributed by atoms with van der Waals surface area (Å²) in [5, 5.41) is 10.9. The second kappa shape index (κ2) is 3.87. The summed E-state index contributed by atoms with van der Waals surface area (Å²) in [6.07, 6.45) is 0. The van der Waals surface area contributed by atoms with Crippen molar-refractivity contribution in [3.63, 3.8) is 0 Å². The molecule has 0 bridgehead atoms. The van der Waals surface area contributed by atoms with Crippen LogP contribution < -0.4 is 0 Å². The quantitative estimate of drug-likeness (QED) is 0.838. The van der Waals surface area contributed by atoms with Gasteiger partial charge >= 0.3 is 5.97 Å². The highest BCUT2D eigenvalue weighted by atomic mass is 32.1. The molecular weight excluding hydrogens is 208 g/mol. The van der Waals surface area contributed by atoms with Gasteiger partial charge in [0.15, 0.2) is 0 Å². The van der Waals surface area contributed by atoms with Crippen molar-refractivity contribution in [3.05, 3.63) is 46.8 Å². The maximum Gasteiger partial charge on any atom is 0.335 e. The Labute approximate surface area is 91.8 Å². The van der Waals surface area contributed by atoms with E-state index in [1.807, 2.05) is 13.0 Å². The highest BCUT2D eigenvalue weighted by Crippen LogP contribution is 2.27. The number of aryl methyl sites for hydroxylation is 1. The molecule has 0 amide bonds. The molecule has 0 saturated carbocycles. The predicted molar refractivity (Wildman–Crippen MR) is 61.5 cm³/mol. The summed E-state index contributed by atoms with van der Waals surface area (Å²) in [4.78, 5) is 11.9. The van der Waals surface area contributed by atoms with E-state index >= 15 is 0 Å². The number of carbonyl (C=O) groups is 1. The second-order valence-electron chi connectivity index (χ2n) is 3.37. The van der Waals surface area contributed by atoms with Gasteiger partial charge in [-0.3, -0.25) is 0 Å². The van der Waals surface area contributed by atoms with Gasteiger partial charge in [0.1, 0.15) is 0 Å². The van der Waals surface area contributed by atoms with Crippen molar-refractivity contribution in [2.75, 3.05) is 0 Å². The molecule has 3 heteroatoms. The van der Waals surface area contributed by atoms with E-state index in [0.717, 1.165) is 10.4 Å². The number of hydrogen-bond acceptors (Lipinski definition) is 2. The van der Waals surface area contributed by atoms with Crippen LogP contribution in [0.1, 0.15) is 15.9 Å². The summed E-state index contributed by atoms with van der Waals surface area (Å²) in [7, 11) is 0. The Morgan fingerprint density at radius 2 is 2.13 bits per heavy atom. The number of hydrogen-bond donors (Lipinski definition) is 1. The van der Waals surface area contributed by atoms with Gasteiger partial charge in [-0.05, 0) is 41.6 Å². The number of aromatic carboxylic acids is 1. The maximum atomic E-state index is 10.8. The van der Waals surface area contributed by atoms with E-state index in [9.17, 15) is 4.79 Å². The first-order valence-corrected chi connectivity index (χ1v) is 5.43. The lowest BCUT2D eigenvalue weighted by Gasteiger charge is -1.98. The largest absolute Gasteiger partial charge is 0.478 e. The molecule has 1 aromatic heterocycles. The molecule has 2 nitrogen and oxygen atoms in total. The molecular formula is C12H10O2S. The van der Waals surface area contributed by atoms with Crippen LogP contribution in [-0.4, -0.2) is 11.1 Å². The first kappa shape index (κ1) is 9.93. The van der Waals surface area contributed by atoms with Gasteiger partial charge in [0.05, 0.1) is 5.56 Å². The Kier molecular flexibility index (Phi) is 2.56. The van der Waals surface area contributed by atoms with E-state index in [-0.39, 0.29) is 0 Å². The molecule has 0 aliphatic rings. The number of carboxylic acid groups (broad SMARTS) is 1. The Balaban J connectivity index is 2.45. The van der Waals surface area contributed by atoms with E-state index in [0.29, 0.717) is 5.56 Å². The van der Waals surface area contributed by atoms with Crippen molar-refractivity contribution in [2.45, 2.75) is 6.92 Å². The molecule has 76 valence electrons. The third-order valence-electron chi connectivity index (χ3n) is 2.12. The number of rotatable bonds is 2. The summed E-state index contributed by atoms with van der Waals surface area (Å²) < 4.78 is 0. The van der Waals surface area contributed by atoms with Crippen LogP contribution in [-0.2, 0) is 0 Å². The van der Waals surface area contributed by atoms with Crippen molar-refractivity contribution < 1.29 is 9.90 Å². The summed E-state index contributed by atoms with van der Waals surface area (Å²) in [6, 6.07) is 9.07. The van der Waals surface area contributed by atoms with Gasteiger partial charge in [-0.15, -0.1) is 11.3 Å². The average molecular weight is 218 g/mol. The standard InChI is InChI=1S/C12H10O2S/c1-8-5-11(15-7-8)9-3-2-4-10(6-9)12(13)14/h2-7H,1H3,(H,13,14). The zero-order chi connectivity index (χ0) is 10.8. The molecule has 0 fully saturated rings. The molecule has 0 aliphatic carbocycles. The van der Waals surface area contributed by atoms with Crippen LogP contribution in [0.3, 0.4) is 0 Å². The second-order valence-corrected chi connectivity index (χ2v) is 4.29. The van der Waals surface area contributed by atoms with Gasteiger partial charge in [0.2, 0.25) is 0 Å². The van der Waals surface area contributed by atoms with Crippen molar-refractivity contribution in [1.29, 1.82) is 0 Å². The minimum Gasteiger partial charge on any atom is -0.478 e. The fourth-order valence-corrected chi connectivity index (χ4v) is 2.29. The number of carboxylic acids is 1. The van der Waals surface area contributed by atoms with Gasteiger partial charge in [-0.2, -0.15) is 0 Å². The van der Waals surface area contributed by atoms with Gasteiger partial charge in [-0.1, -0.05) is 12.1 Å². The summed E-state index contributed by atoms with van der Waals surface area (Å²) in [5.74, 6) is -0.884. The lowest BCUT2D eigenvalue weighted by atomic mass is 10.1. The van der Waals surface area contributed by atoms with Gasteiger partial charge < -0.3 is 5.11 Å². The monoisotopic (exact) mass is 218 g/mol. The Morgan fingerprint density at radius 3 is 2.73 bits per heavy atom. The molecule has 0 saturated heterocycles. The lowest BCUT2D eigenvalue weighted by molar-refractivity contribution is 0.0697. The topological polar surface area (TPSA) is 37.3 Å². The van der Waals surface area contributed by atoms with Crippen LogP contribution in [0.2, 0.25) is 0 Å². The molecule has 1 heterocycles. The Bertz CT molecular complexity index is 500. The molecule has 0 unspecified atom stereocenters. The smallest absolute Gasteiger partial charge is 0.335 e. The zero-order valence-electron chi connectivity index (χ0n) is 8.23. The predicted octanol–water partition coefficient (Wildman–Crippen LogP) is 3.42. The Hall–Kier alpha value is -1.61. The van der Waals surface area contributed by atoms with Crippen molar-refractivity contribution in [1.82, 2.24) is 0 Å². The third kappa shape index (κ3) is 2.07. The molecule has 1 N–H and O–H groups in total. The van der Waals surface area contributed by atoms with Crippen LogP contribution >= 0.6 is 11.3 Å². The van der Waals surface area contributed by atoms with E-state index < -0.39 is 5.97 Å². The first-order valence-electron chi connectivity index (χ1n) is 4.55. The molecule has 0 atom stereocenters. The highest BCUT2D eigenvalue weighted by molar-refractivity contribution is 7.13. The molecule has 2 rings (SSSR count). The van der Waals surface area contributed by atoms with Crippen LogP contribution in [0.25, 0.3) is 10.4 Å². The van der Waals surface area contributed by atoms with Crippen molar-refractivity contribution >= 4 is 17.3 Å². The van der Waals surface area contributed by atoms with Crippen LogP contribution in [0, 0.1) is 6.92 Å². The number of thiophene rings is 1. The molecule has 1 aromatic carbocycles. The van der Waals surface area contributed by atoms with Crippen molar-refractivity contribution in [2.24, 2.45) is 0 Å². The van der Waals surface area contributed by atoms with Crippen LogP contribution in [0.15, 0.2) is 35.7 Å². The summed E-state index contributed by atoms with van der Waals surface area (Å²) in [5.41, 5.74) is 2.50. The molecule has 0 spiro atoms. The van der Waals surface area contributed by atoms with Gasteiger partial charge in [0.25, 0.3) is 0 Å². The molecule has 2 aromatic rings. The van der Waals surface area contributed by atoms with E-state index in [1.165, 1.54) is 5.56 Å². The van der Waals surface area contributed by atoms with E-state index in [1.54, 1.807) is 29.5 Å². The first-order chi connectivity index (χ1) is 7.16. The summed E-state index contributed by atoms with van der Waals surface area (Å²) in [6.45, 7) is 2.03. The minimum atomic E-state index is -0.884. The van der Waals surface area contributed by atoms with Gasteiger partial charge in [0, 0.05) is 4.88 Å². The van der Waals surface area contributed by atoms with Gasteiger partial charge in [-0.25, -0.2) is 4.79 Å². The molecule has 0 radical (unpaired) electrons. The normalized spacial score (nSPS) is 10.2. The zero-order valence-corrected chi connectivity index (χ0v) is 9.04. The lowest BCUT2D eigenvalue weighted by Crippen LogP contribution is -1.95. The fourth-order valence-electron chi connectivity index (χ4n) is 1.39. The fraction of sp³-hybridized carbons (Fsp3) is 0.0833. The van der Waals surface area contributed by atoms with Crippen LogP contribution in [0.5, 0.6) is 0 Å². The maximum absolute atomic E-state index is 10.8. The number of benzene rings is 1. The third-order valence-corrected chi connectivity index (χ3v) is 3.22. The SMILES string of the molecule is Cc1csc(-c2cccc(C(=O)O)c2)c1. The minimum absolute atomic E-state index is 0.332. The molecule has 15 heavy (non-hydrogen) atoms. The van der Waals surface area contributed by atoms with Crippen molar-refractivity contribution in [3.8, 4) is 10.4 Å². The van der Waals surface area contributed by atoms with E-state index in [2.05, 4.69) is 11.4 Å². The van der Waals surface area contributed by atoms with Crippen LogP contribution in [0.4, 0.5) is 0 Å².